The van der Waals surface area contributed by atoms with Crippen molar-refractivity contribution in [1.82, 2.24) is 9.55 Å². The van der Waals surface area contributed by atoms with Crippen LogP contribution in [-0.4, -0.2) is 27.8 Å². The van der Waals surface area contributed by atoms with Gasteiger partial charge in [-0.05, 0) is 51.0 Å². The van der Waals surface area contributed by atoms with Gasteiger partial charge >= 0.3 is 5.69 Å². The molecule has 2 atom stereocenters. The zero-order valence-electron chi connectivity index (χ0n) is 12.4. The molecule has 1 aromatic heterocycles. The highest BCUT2D eigenvalue weighted by Crippen LogP contribution is 2.23. The molecule has 1 fully saturated rings. The van der Waals surface area contributed by atoms with E-state index in [1.165, 1.54) is 0 Å². The minimum Gasteiger partial charge on any atom is -0.382 e. The van der Waals surface area contributed by atoms with Crippen molar-refractivity contribution in [2.24, 2.45) is 0 Å². The summed E-state index contributed by atoms with van der Waals surface area (Å²) in [7, 11) is 0. The van der Waals surface area contributed by atoms with Crippen molar-refractivity contribution >= 4 is 5.69 Å². The second-order valence-corrected chi connectivity index (χ2v) is 5.75. The second kappa shape index (κ2) is 5.77. The number of rotatable bonds is 3. The standard InChI is InChI=1S/C16H21N3O2/c1-11-9-14(10-12(2)21-11)18-13-3-5-15(6-4-13)19-8-7-17-16(19)20/h3-8,11-12,14,18H,9-10H2,1-2H3,(H,17,20). The summed E-state index contributed by atoms with van der Waals surface area (Å²) in [6, 6.07) is 8.36. The van der Waals surface area contributed by atoms with Crippen molar-refractivity contribution in [3.05, 3.63) is 47.1 Å². The van der Waals surface area contributed by atoms with E-state index in [0.29, 0.717) is 18.2 Å². The van der Waals surface area contributed by atoms with Crippen LogP contribution in [0.15, 0.2) is 41.5 Å². The van der Waals surface area contributed by atoms with E-state index in [2.05, 4.69) is 24.1 Å². The maximum absolute atomic E-state index is 11.6. The number of aromatic nitrogens is 2. The summed E-state index contributed by atoms with van der Waals surface area (Å²) in [5.74, 6) is 0. The third-order valence-corrected chi connectivity index (χ3v) is 3.86. The molecule has 112 valence electrons. The highest BCUT2D eigenvalue weighted by atomic mass is 16.5. The average molecular weight is 287 g/mol. The third-order valence-electron chi connectivity index (χ3n) is 3.86. The van der Waals surface area contributed by atoms with Crippen molar-refractivity contribution in [3.8, 4) is 5.69 Å². The lowest BCUT2D eigenvalue weighted by atomic mass is 9.99. The first kappa shape index (κ1) is 13.9. The summed E-state index contributed by atoms with van der Waals surface area (Å²) in [5.41, 5.74) is 1.82. The fraction of sp³-hybridized carbons (Fsp3) is 0.438. The largest absolute Gasteiger partial charge is 0.382 e. The van der Waals surface area contributed by atoms with Gasteiger partial charge in [0, 0.05) is 24.1 Å². The first-order valence-corrected chi connectivity index (χ1v) is 7.40. The minimum atomic E-state index is -0.122. The van der Waals surface area contributed by atoms with E-state index in [1.54, 1.807) is 17.0 Å². The molecular weight excluding hydrogens is 266 g/mol. The normalized spacial score (nSPS) is 25.7. The van der Waals surface area contributed by atoms with Crippen molar-refractivity contribution in [2.75, 3.05) is 5.32 Å². The number of aromatic amines is 1. The second-order valence-electron chi connectivity index (χ2n) is 5.75. The Balaban J connectivity index is 1.70. The molecule has 2 heterocycles. The quantitative estimate of drug-likeness (QED) is 0.912. The first-order valence-electron chi connectivity index (χ1n) is 7.40. The van der Waals surface area contributed by atoms with Gasteiger partial charge in [0.05, 0.1) is 17.9 Å². The number of hydrogen-bond donors (Lipinski definition) is 2. The molecule has 0 saturated carbocycles. The molecule has 1 aromatic carbocycles. The molecule has 2 N–H and O–H groups in total. The summed E-state index contributed by atoms with van der Waals surface area (Å²) in [6.07, 6.45) is 5.99. The molecule has 0 radical (unpaired) electrons. The molecule has 1 aliphatic heterocycles. The number of nitrogens with zero attached hydrogens (tertiary/aromatic N) is 1. The van der Waals surface area contributed by atoms with Crippen molar-refractivity contribution < 1.29 is 4.74 Å². The Morgan fingerprint density at radius 1 is 1.19 bits per heavy atom. The SMILES string of the molecule is CC1CC(Nc2ccc(-n3cc[nH]c3=O)cc2)CC(C)O1. The van der Waals surface area contributed by atoms with Crippen LogP contribution in [0.3, 0.4) is 0 Å². The van der Waals surface area contributed by atoms with Gasteiger partial charge < -0.3 is 15.0 Å². The number of anilines is 1. The number of benzene rings is 1. The van der Waals surface area contributed by atoms with Crippen molar-refractivity contribution in [1.29, 1.82) is 0 Å². The Kier molecular flexibility index (Phi) is 3.84. The molecule has 5 nitrogen and oxygen atoms in total. The van der Waals surface area contributed by atoms with E-state index in [0.717, 1.165) is 24.2 Å². The smallest absolute Gasteiger partial charge is 0.330 e. The monoisotopic (exact) mass is 287 g/mol. The van der Waals surface area contributed by atoms with Crippen LogP contribution in [0, 0.1) is 0 Å². The van der Waals surface area contributed by atoms with Crippen molar-refractivity contribution in [3.63, 3.8) is 0 Å². The Morgan fingerprint density at radius 2 is 1.86 bits per heavy atom. The minimum absolute atomic E-state index is 0.122. The van der Waals surface area contributed by atoms with E-state index >= 15 is 0 Å². The van der Waals surface area contributed by atoms with Gasteiger partial charge in [0.2, 0.25) is 0 Å². The van der Waals surface area contributed by atoms with E-state index < -0.39 is 0 Å². The Hall–Kier alpha value is -2.01. The summed E-state index contributed by atoms with van der Waals surface area (Å²) in [5, 5.41) is 3.55. The lowest BCUT2D eigenvalue weighted by molar-refractivity contribution is -0.0337. The Morgan fingerprint density at radius 3 is 2.43 bits per heavy atom. The molecule has 2 unspecified atom stereocenters. The first-order chi connectivity index (χ1) is 10.1. The molecule has 3 rings (SSSR count). The molecule has 5 heteroatoms. The molecule has 1 aliphatic rings. The maximum Gasteiger partial charge on any atom is 0.330 e. The van der Waals surface area contributed by atoms with Crippen molar-refractivity contribution in [2.45, 2.75) is 44.9 Å². The molecule has 21 heavy (non-hydrogen) atoms. The van der Waals surface area contributed by atoms with Gasteiger partial charge in [0.15, 0.2) is 0 Å². The summed E-state index contributed by atoms with van der Waals surface area (Å²) in [6.45, 7) is 4.23. The van der Waals surface area contributed by atoms with Crippen LogP contribution in [0.5, 0.6) is 0 Å². The molecule has 1 saturated heterocycles. The molecule has 0 amide bonds. The van der Waals surface area contributed by atoms with E-state index in [1.807, 2.05) is 24.3 Å². The Labute approximate surface area is 124 Å². The van der Waals surface area contributed by atoms with Crippen LogP contribution >= 0.6 is 0 Å². The zero-order chi connectivity index (χ0) is 14.8. The lowest BCUT2D eigenvalue weighted by Gasteiger charge is -2.33. The van der Waals surface area contributed by atoms with Crippen LogP contribution in [0.2, 0.25) is 0 Å². The predicted molar refractivity (Wildman–Crippen MR) is 83.0 cm³/mol. The van der Waals surface area contributed by atoms with E-state index in [-0.39, 0.29) is 5.69 Å². The number of hydrogen-bond acceptors (Lipinski definition) is 3. The highest BCUT2D eigenvalue weighted by molar-refractivity contribution is 5.49. The van der Waals surface area contributed by atoms with Gasteiger partial charge in [-0.2, -0.15) is 0 Å². The molecule has 0 spiro atoms. The van der Waals surface area contributed by atoms with Crippen LogP contribution < -0.4 is 11.0 Å². The zero-order valence-corrected chi connectivity index (χ0v) is 12.4. The summed E-state index contributed by atoms with van der Waals surface area (Å²) >= 11 is 0. The fourth-order valence-electron chi connectivity index (χ4n) is 3.00. The predicted octanol–water partition coefficient (Wildman–Crippen LogP) is 2.53. The third kappa shape index (κ3) is 3.19. The average Bonchev–Trinajstić information content (AvgIpc) is 2.85. The maximum atomic E-state index is 11.6. The van der Waals surface area contributed by atoms with Gasteiger partial charge in [-0.15, -0.1) is 0 Å². The van der Waals surface area contributed by atoms with Gasteiger partial charge in [-0.1, -0.05) is 0 Å². The molecule has 0 aliphatic carbocycles. The van der Waals surface area contributed by atoms with Gasteiger partial charge in [-0.3, -0.25) is 4.57 Å². The summed E-state index contributed by atoms with van der Waals surface area (Å²) in [4.78, 5) is 14.2. The lowest BCUT2D eigenvalue weighted by Crippen LogP contribution is -2.36. The van der Waals surface area contributed by atoms with Gasteiger partial charge in [0.25, 0.3) is 0 Å². The summed E-state index contributed by atoms with van der Waals surface area (Å²) < 4.78 is 7.34. The number of ether oxygens (including phenoxy) is 1. The number of nitrogens with one attached hydrogen (secondary N) is 2. The topological polar surface area (TPSA) is 59.0 Å². The Bertz CT molecular complexity index is 634. The van der Waals surface area contributed by atoms with Crippen LogP contribution in [0.4, 0.5) is 5.69 Å². The molecular formula is C16H21N3O2. The highest BCUT2D eigenvalue weighted by Gasteiger charge is 2.24. The fourth-order valence-corrected chi connectivity index (χ4v) is 3.00. The van der Waals surface area contributed by atoms with Gasteiger partial charge in [0.1, 0.15) is 0 Å². The van der Waals surface area contributed by atoms with E-state index in [9.17, 15) is 4.79 Å². The number of imidazole rings is 1. The van der Waals surface area contributed by atoms with Crippen LogP contribution in [0.1, 0.15) is 26.7 Å². The van der Waals surface area contributed by atoms with Gasteiger partial charge in [-0.25, -0.2) is 4.79 Å². The van der Waals surface area contributed by atoms with Crippen LogP contribution in [0.25, 0.3) is 5.69 Å². The molecule has 0 bridgehead atoms. The molecule has 2 aromatic rings. The number of H-pyrrole nitrogens is 1. The van der Waals surface area contributed by atoms with E-state index in [4.69, 9.17) is 4.74 Å². The van der Waals surface area contributed by atoms with Crippen LogP contribution in [-0.2, 0) is 4.74 Å².